The van der Waals surface area contributed by atoms with Crippen LogP contribution >= 0.6 is 0 Å². The van der Waals surface area contributed by atoms with Gasteiger partial charge in [-0.1, -0.05) is 71.8 Å². The molecule has 0 aliphatic rings. The van der Waals surface area contributed by atoms with Crippen LogP contribution in [0.4, 0.5) is 0 Å². The van der Waals surface area contributed by atoms with Gasteiger partial charge < -0.3 is 23.4 Å². The minimum atomic E-state index is -0.857. The zero-order valence-electron chi connectivity index (χ0n) is 27.3. The zero-order chi connectivity index (χ0) is 33.3. The molecule has 0 aliphatic carbocycles. The molecule has 0 N–H and O–H groups in total. The van der Waals surface area contributed by atoms with Crippen LogP contribution in [-0.4, -0.2) is 37.7 Å². The Labute approximate surface area is 270 Å². The van der Waals surface area contributed by atoms with Gasteiger partial charge in [-0.05, 0) is 68.1 Å². The number of ether oxygens (including phenoxy) is 4. The number of benzene rings is 2. The lowest BCUT2D eigenvalue weighted by Crippen LogP contribution is -2.18. The number of hydrogen-bond donors (Lipinski definition) is 0. The number of unbranched alkanes of at least 4 members (excludes halogenated alkanes) is 8. The first kappa shape index (κ1) is 36.1. The maximum atomic E-state index is 12.7. The molecule has 1 heterocycles. The van der Waals surface area contributed by atoms with Gasteiger partial charge in [-0.3, -0.25) is 0 Å². The first-order valence-electron chi connectivity index (χ1n) is 16.2. The minimum absolute atomic E-state index is 0.182. The molecule has 1 aromatic heterocycles. The van der Waals surface area contributed by atoms with Crippen LogP contribution in [0.15, 0.2) is 69.9 Å². The van der Waals surface area contributed by atoms with Crippen molar-refractivity contribution in [2.45, 2.75) is 85.0 Å². The van der Waals surface area contributed by atoms with Crippen LogP contribution in [0.2, 0.25) is 0 Å². The molecule has 0 radical (unpaired) electrons. The summed E-state index contributed by atoms with van der Waals surface area (Å²) < 4.78 is 27.0. The summed E-state index contributed by atoms with van der Waals surface area (Å²) in [6.07, 6.45) is 10.3. The predicted molar refractivity (Wildman–Crippen MR) is 176 cm³/mol. The average molecular weight is 635 g/mol. The number of carbonyl (C=O) groups is 3. The number of carbonyl (C=O) groups excluding carboxylic acids is 3. The highest BCUT2D eigenvalue weighted by atomic mass is 16.5. The van der Waals surface area contributed by atoms with E-state index in [9.17, 15) is 19.2 Å². The highest BCUT2D eigenvalue weighted by Gasteiger charge is 2.17. The van der Waals surface area contributed by atoms with Gasteiger partial charge in [0.2, 0.25) is 0 Å². The topological polar surface area (TPSA) is 118 Å². The molecule has 248 valence electrons. The van der Waals surface area contributed by atoms with E-state index in [1.54, 1.807) is 25.1 Å². The second-order valence-corrected chi connectivity index (χ2v) is 11.6. The summed E-state index contributed by atoms with van der Waals surface area (Å²) in [5.41, 5.74) is 0.0370. The smallest absolute Gasteiger partial charge is 0.351 e. The summed E-state index contributed by atoms with van der Waals surface area (Å²) in [6.45, 7) is 10.7. The van der Waals surface area contributed by atoms with E-state index >= 15 is 0 Å². The third-order valence-corrected chi connectivity index (χ3v) is 7.56. The van der Waals surface area contributed by atoms with Crippen molar-refractivity contribution >= 4 is 28.9 Å². The van der Waals surface area contributed by atoms with Gasteiger partial charge in [-0.2, -0.15) is 0 Å². The van der Waals surface area contributed by atoms with Crippen molar-refractivity contribution in [1.29, 1.82) is 0 Å². The van der Waals surface area contributed by atoms with Gasteiger partial charge in [0.1, 0.15) is 22.6 Å². The number of esters is 3. The monoisotopic (exact) mass is 634 g/mol. The van der Waals surface area contributed by atoms with Crippen LogP contribution in [0.25, 0.3) is 11.0 Å². The van der Waals surface area contributed by atoms with Crippen LogP contribution in [-0.2, 0) is 14.3 Å². The first-order valence-corrected chi connectivity index (χ1v) is 16.2. The van der Waals surface area contributed by atoms with Crippen molar-refractivity contribution in [1.82, 2.24) is 0 Å². The summed E-state index contributed by atoms with van der Waals surface area (Å²) in [7, 11) is 0. The van der Waals surface area contributed by atoms with Crippen molar-refractivity contribution in [3.05, 3.63) is 82.2 Å². The molecule has 0 amide bonds. The van der Waals surface area contributed by atoms with E-state index in [1.807, 2.05) is 0 Å². The SMILES string of the molecule is C=C(C)C(=O)OCCCCCCCCCCCOC(=O)c1ccc(OC(=O)c2cc3ccc(OCC(C)CC)cc3oc2=O)cc1. The Morgan fingerprint density at radius 1 is 0.783 bits per heavy atom. The highest BCUT2D eigenvalue weighted by molar-refractivity contribution is 5.94. The molecule has 0 spiro atoms. The molecule has 3 rings (SSSR count). The fraction of sp³-hybridized carbons (Fsp3) is 0.459. The van der Waals surface area contributed by atoms with Crippen LogP contribution in [0, 0.1) is 5.92 Å². The van der Waals surface area contributed by atoms with E-state index in [0.717, 1.165) is 64.2 Å². The predicted octanol–water partition coefficient (Wildman–Crippen LogP) is 8.22. The van der Waals surface area contributed by atoms with Crippen LogP contribution in [0.1, 0.15) is 106 Å². The van der Waals surface area contributed by atoms with E-state index < -0.39 is 17.6 Å². The Balaban J connectivity index is 1.33. The lowest BCUT2D eigenvalue weighted by Gasteiger charge is -2.11. The Kier molecular flexibility index (Phi) is 15.0. The van der Waals surface area contributed by atoms with Gasteiger partial charge in [0, 0.05) is 17.0 Å². The standard InChI is InChI=1S/C37H46O9/c1-5-27(4)25-44-31-20-17-29-23-32(37(41)46-33(29)24-31)36(40)45-30-18-15-28(16-19-30)35(39)43-22-14-12-10-8-6-7-9-11-13-21-42-34(38)26(2)3/h15-20,23-24,27H,2,5-14,21-22,25H2,1,3-4H3. The third kappa shape index (κ3) is 12.2. The van der Waals surface area contributed by atoms with Crippen molar-refractivity contribution in [3.63, 3.8) is 0 Å². The molecule has 0 bridgehead atoms. The zero-order valence-corrected chi connectivity index (χ0v) is 27.3. The molecule has 0 fully saturated rings. The average Bonchev–Trinajstić information content (AvgIpc) is 3.05. The molecule has 1 unspecified atom stereocenters. The van der Waals surface area contributed by atoms with E-state index in [4.69, 9.17) is 23.4 Å². The largest absolute Gasteiger partial charge is 0.493 e. The Bertz CT molecular complexity index is 1500. The number of hydrogen-bond acceptors (Lipinski definition) is 9. The Morgan fingerprint density at radius 3 is 1.98 bits per heavy atom. The van der Waals surface area contributed by atoms with Crippen molar-refractivity contribution in [2.24, 2.45) is 5.92 Å². The molecular formula is C37H46O9. The summed E-state index contributed by atoms with van der Waals surface area (Å²) >= 11 is 0. The van der Waals surface area contributed by atoms with Crippen molar-refractivity contribution in [2.75, 3.05) is 19.8 Å². The van der Waals surface area contributed by atoms with Crippen molar-refractivity contribution < 1.29 is 37.7 Å². The van der Waals surface area contributed by atoms with Crippen LogP contribution in [0.3, 0.4) is 0 Å². The van der Waals surface area contributed by atoms with E-state index in [-0.39, 0.29) is 17.3 Å². The van der Waals surface area contributed by atoms with Gasteiger partial charge in [0.05, 0.1) is 25.4 Å². The van der Waals surface area contributed by atoms with Gasteiger partial charge in [-0.25, -0.2) is 19.2 Å². The number of rotatable bonds is 20. The normalized spacial score (nSPS) is 11.5. The molecule has 2 aromatic carbocycles. The minimum Gasteiger partial charge on any atom is -0.493 e. The molecule has 0 saturated heterocycles. The fourth-order valence-corrected chi connectivity index (χ4v) is 4.48. The van der Waals surface area contributed by atoms with Crippen LogP contribution < -0.4 is 15.1 Å². The lowest BCUT2D eigenvalue weighted by molar-refractivity contribution is -0.139. The highest BCUT2D eigenvalue weighted by Crippen LogP contribution is 2.22. The van der Waals surface area contributed by atoms with Crippen molar-refractivity contribution in [3.8, 4) is 11.5 Å². The quantitative estimate of drug-likeness (QED) is 0.0398. The molecule has 46 heavy (non-hydrogen) atoms. The van der Waals surface area contributed by atoms with Gasteiger partial charge >= 0.3 is 23.5 Å². The number of fused-ring (bicyclic) bond motifs is 1. The van der Waals surface area contributed by atoms with Gasteiger partial charge in [0.25, 0.3) is 0 Å². The maximum Gasteiger partial charge on any atom is 0.351 e. The molecule has 3 aromatic rings. The third-order valence-electron chi connectivity index (χ3n) is 7.56. The van der Waals surface area contributed by atoms with E-state index in [0.29, 0.717) is 53.6 Å². The molecule has 9 heteroatoms. The van der Waals surface area contributed by atoms with Crippen LogP contribution in [0.5, 0.6) is 11.5 Å². The molecule has 0 aliphatic heterocycles. The summed E-state index contributed by atoms with van der Waals surface area (Å²) in [6, 6.07) is 12.5. The second-order valence-electron chi connectivity index (χ2n) is 11.6. The Morgan fingerprint density at radius 2 is 1.37 bits per heavy atom. The Hall–Kier alpha value is -4.40. The molecular weight excluding hydrogens is 588 g/mol. The van der Waals surface area contributed by atoms with E-state index in [1.165, 1.54) is 30.3 Å². The lowest BCUT2D eigenvalue weighted by atomic mass is 10.1. The second kappa shape index (κ2) is 19.2. The van der Waals surface area contributed by atoms with E-state index in [2.05, 4.69) is 20.4 Å². The molecule has 1 atom stereocenters. The molecule has 0 saturated carbocycles. The fourth-order valence-electron chi connectivity index (χ4n) is 4.48. The summed E-state index contributed by atoms with van der Waals surface area (Å²) in [5.74, 6) is -0.468. The van der Waals surface area contributed by atoms with Gasteiger partial charge in [-0.15, -0.1) is 0 Å². The summed E-state index contributed by atoms with van der Waals surface area (Å²) in [5, 5.41) is 0.563. The first-order chi connectivity index (χ1) is 22.2. The van der Waals surface area contributed by atoms with Gasteiger partial charge in [0.15, 0.2) is 0 Å². The maximum absolute atomic E-state index is 12.7. The molecule has 9 nitrogen and oxygen atoms in total. The summed E-state index contributed by atoms with van der Waals surface area (Å²) in [4.78, 5) is 49.0.